The number of hydrogen-bond acceptors (Lipinski definition) is 3. The van der Waals surface area contributed by atoms with Crippen molar-refractivity contribution in [3.05, 3.63) is 65.7 Å². The van der Waals surface area contributed by atoms with Crippen LogP contribution in [0.5, 0.6) is 5.75 Å². The lowest BCUT2D eigenvalue weighted by Gasteiger charge is -2.24. The molecule has 0 radical (unpaired) electrons. The molecule has 2 aromatic carbocycles. The highest BCUT2D eigenvalue weighted by Crippen LogP contribution is 2.20. The Kier molecular flexibility index (Phi) is 7.39. The largest absolute Gasteiger partial charge is 0.489 e. The molecule has 0 aliphatic heterocycles. The van der Waals surface area contributed by atoms with E-state index in [1.54, 1.807) is 0 Å². The maximum Gasteiger partial charge on any atom is 0.124 e. The minimum Gasteiger partial charge on any atom is -0.489 e. The second-order valence-electron chi connectivity index (χ2n) is 5.78. The molecule has 0 amide bonds. The van der Waals surface area contributed by atoms with Crippen LogP contribution in [-0.4, -0.2) is 17.3 Å². The van der Waals surface area contributed by atoms with E-state index in [1.165, 1.54) is 0 Å². The molecular formula is C18H24ClNO2. The second kappa shape index (κ2) is 8.79. The Morgan fingerprint density at radius 2 is 1.64 bits per heavy atom. The Bertz CT molecular complexity index is 558. The van der Waals surface area contributed by atoms with Gasteiger partial charge < -0.3 is 15.2 Å². The van der Waals surface area contributed by atoms with Gasteiger partial charge in [0.15, 0.2) is 0 Å². The van der Waals surface area contributed by atoms with Crippen LogP contribution in [0.4, 0.5) is 0 Å². The van der Waals surface area contributed by atoms with Crippen LogP contribution >= 0.6 is 12.4 Å². The van der Waals surface area contributed by atoms with Crippen molar-refractivity contribution < 1.29 is 9.84 Å². The first kappa shape index (κ1) is 18.5. The van der Waals surface area contributed by atoms with Crippen LogP contribution in [0.15, 0.2) is 54.6 Å². The van der Waals surface area contributed by atoms with Crippen LogP contribution in [0.2, 0.25) is 0 Å². The fourth-order valence-corrected chi connectivity index (χ4v) is 1.92. The summed E-state index contributed by atoms with van der Waals surface area (Å²) >= 11 is 0. The van der Waals surface area contributed by atoms with Gasteiger partial charge in [-0.15, -0.1) is 12.4 Å². The molecule has 0 fully saturated rings. The summed E-state index contributed by atoms with van der Waals surface area (Å²) in [6.45, 7) is 5.26. The predicted molar refractivity (Wildman–Crippen MR) is 92.5 cm³/mol. The van der Waals surface area contributed by atoms with Crippen molar-refractivity contribution in [2.75, 3.05) is 6.61 Å². The Labute approximate surface area is 138 Å². The van der Waals surface area contributed by atoms with Gasteiger partial charge in [-0.25, -0.2) is 0 Å². The lowest BCUT2D eigenvalue weighted by molar-refractivity contribution is 0.186. The molecule has 0 aromatic heterocycles. The normalized spacial score (nSPS) is 10.9. The van der Waals surface area contributed by atoms with E-state index in [1.807, 2.05) is 56.3 Å². The molecule has 0 heterocycles. The van der Waals surface area contributed by atoms with Gasteiger partial charge in [-0.1, -0.05) is 48.5 Å². The van der Waals surface area contributed by atoms with E-state index in [2.05, 4.69) is 17.4 Å². The molecule has 0 saturated heterocycles. The molecule has 0 atom stereocenters. The van der Waals surface area contributed by atoms with Gasteiger partial charge in [0.2, 0.25) is 0 Å². The Morgan fingerprint density at radius 3 is 2.32 bits per heavy atom. The molecule has 2 N–H and O–H groups in total. The van der Waals surface area contributed by atoms with Crippen LogP contribution in [-0.2, 0) is 13.2 Å². The number of aliphatic hydroxyl groups is 1. The third-order valence-corrected chi connectivity index (χ3v) is 3.36. The summed E-state index contributed by atoms with van der Waals surface area (Å²) in [6.07, 6.45) is 0. The molecule has 120 valence electrons. The van der Waals surface area contributed by atoms with Crippen molar-refractivity contribution in [1.29, 1.82) is 0 Å². The van der Waals surface area contributed by atoms with Crippen molar-refractivity contribution >= 4 is 12.4 Å². The quantitative estimate of drug-likeness (QED) is 0.819. The fourth-order valence-electron chi connectivity index (χ4n) is 1.92. The maximum absolute atomic E-state index is 9.30. The van der Waals surface area contributed by atoms with Gasteiger partial charge in [0.25, 0.3) is 0 Å². The van der Waals surface area contributed by atoms with E-state index in [9.17, 15) is 5.11 Å². The second-order valence-corrected chi connectivity index (χ2v) is 5.78. The minimum atomic E-state index is -0.299. The average molecular weight is 322 g/mol. The monoisotopic (exact) mass is 321 g/mol. The number of hydrogen-bond donors (Lipinski definition) is 2. The molecule has 0 bridgehead atoms. The first-order chi connectivity index (χ1) is 10.1. The van der Waals surface area contributed by atoms with Gasteiger partial charge >= 0.3 is 0 Å². The van der Waals surface area contributed by atoms with E-state index >= 15 is 0 Å². The fraction of sp³-hybridized carbons (Fsp3) is 0.333. The summed E-state index contributed by atoms with van der Waals surface area (Å²) in [5, 5.41) is 12.6. The minimum absolute atomic E-state index is 0. The molecule has 4 heteroatoms. The first-order valence-corrected chi connectivity index (χ1v) is 7.21. The zero-order valence-electron chi connectivity index (χ0n) is 13.1. The van der Waals surface area contributed by atoms with Gasteiger partial charge in [-0.05, 0) is 25.5 Å². The summed E-state index contributed by atoms with van der Waals surface area (Å²) in [4.78, 5) is 0. The molecule has 22 heavy (non-hydrogen) atoms. The molecule has 3 nitrogen and oxygen atoms in total. The van der Waals surface area contributed by atoms with E-state index < -0.39 is 0 Å². The van der Waals surface area contributed by atoms with Gasteiger partial charge in [-0.2, -0.15) is 0 Å². The summed E-state index contributed by atoms with van der Waals surface area (Å²) in [6, 6.07) is 18.1. The summed E-state index contributed by atoms with van der Waals surface area (Å²) in [7, 11) is 0. The van der Waals surface area contributed by atoms with Crippen LogP contribution in [0.3, 0.4) is 0 Å². The molecule has 0 aliphatic rings. The van der Waals surface area contributed by atoms with E-state index in [-0.39, 0.29) is 24.6 Å². The smallest absolute Gasteiger partial charge is 0.124 e. The SMILES string of the molecule is CC(C)(CO)NCc1ccccc1OCc1ccccc1.Cl. The lowest BCUT2D eigenvalue weighted by atomic mass is 10.1. The molecule has 2 rings (SSSR count). The number of para-hydroxylation sites is 1. The Hall–Kier alpha value is -1.55. The number of ether oxygens (including phenoxy) is 1. The van der Waals surface area contributed by atoms with Crippen molar-refractivity contribution in [3.8, 4) is 5.75 Å². The third kappa shape index (κ3) is 5.68. The van der Waals surface area contributed by atoms with Crippen LogP contribution < -0.4 is 10.1 Å². The highest BCUT2D eigenvalue weighted by atomic mass is 35.5. The lowest BCUT2D eigenvalue weighted by Crippen LogP contribution is -2.42. The molecular weight excluding hydrogens is 298 g/mol. The van der Waals surface area contributed by atoms with Gasteiger partial charge in [0, 0.05) is 17.6 Å². The van der Waals surface area contributed by atoms with Crippen LogP contribution in [0.1, 0.15) is 25.0 Å². The topological polar surface area (TPSA) is 41.5 Å². The number of benzene rings is 2. The average Bonchev–Trinajstić information content (AvgIpc) is 2.53. The molecule has 0 unspecified atom stereocenters. The van der Waals surface area contributed by atoms with Crippen molar-refractivity contribution in [2.24, 2.45) is 0 Å². The van der Waals surface area contributed by atoms with Crippen molar-refractivity contribution in [3.63, 3.8) is 0 Å². The summed E-state index contributed by atoms with van der Waals surface area (Å²) in [5.41, 5.74) is 1.94. The predicted octanol–water partition coefficient (Wildman–Crippen LogP) is 3.55. The number of aliphatic hydroxyl groups excluding tert-OH is 1. The number of rotatable bonds is 7. The molecule has 0 saturated carbocycles. The van der Waals surface area contributed by atoms with Gasteiger partial charge in [-0.3, -0.25) is 0 Å². The highest BCUT2D eigenvalue weighted by Gasteiger charge is 2.15. The molecule has 0 aliphatic carbocycles. The van der Waals surface area contributed by atoms with Crippen molar-refractivity contribution in [1.82, 2.24) is 5.32 Å². The Balaban J connectivity index is 0.00000242. The third-order valence-electron chi connectivity index (χ3n) is 3.36. The van der Waals surface area contributed by atoms with E-state index in [0.717, 1.165) is 16.9 Å². The number of halogens is 1. The van der Waals surface area contributed by atoms with Crippen LogP contribution in [0, 0.1) is 0 Å². The zero-order valence-corrected chi connectivity index (χ0v) is 13.9. The number of nitrogens with one attached hydrogen (secondary N) is 1. The zero-order chi connectivity index (χ0) is 15.1. The van der Waals surface area contributed by atoms with E-state index in [0.29, 0.717) is 13.2 Å². The van der Waals surface area contributed by atoms with Crippen LogP contribution in [0.25, 0.3) is 0 Å². The van der Waals surface area contributed by atoms with Gasteiger partial charge in [0.05, 0.1) is 6.61 Å². The van der Waals surface area contributed by atoms with Gasteiger partial charge in [0.1, 0.15) is 12.4 Å². The summed E-state index contributed by atoms with van der Waals surface area (Å²) < 4.78 is 5.92. The molecule has 2 aromatic rings. The van der Waals surface area contributed by atoms with E-state index in [4.69, 9.17) is 4.74 Å². The maximum atomic E-state index is 9.30. The Morgan fingerprint density at radius 1 is 1.00 bits per heavy atom. The highest BCUT2D eigenvalue weighted by molar-refractivity contribution is 5.85. The summed E-state index contributed by atoms with van der Waals surface area (Å²) in [5.74, 6) is 0.877. The molecule has 0 spiro atoms. The standard InChI is InChI=1S/C18H23NO2.ClH/c1-18(2,14-20)19-12-16-10-6-7-11-17(16)21-13-15-8-4-3-5-9-15;/h3-11,19-20H,12-14H2,1-2H3;1H. The van der Waals surface area contributed by atoms with Crippen molar-refractivity contribution in [2.45, 2.75) is 32.5 Å². The first-order valence-electron chi connectivity index (χ1n) is 7.21.